The first-order valence-corrected chi connectivity index (χ1v) is 13.1. The summed E-state index contributed by atoms with van der Waals surface area (Å²) in [5, 5.41) is 6.05. The maximum absolute atomic E-state index is 13.2. The van der Waals surface area contributed by atoms with Gasteiger partial charge in [0.1, 0.15) is 23.0 Å². The molecule has 1 saturated heterocycles. The summed E-state index contributed by atoms with van der Waals surface area (Å²) in [6.07, 6.45) is 5.90. The van der Waals surface area contributed by atoms with E-state index in [1.807, 2.05) is 38.1 Å². The van der Waals surface area contributed by atoms with Crippen molar-refractivity contribution in [2.24, 2.45) is 0 Å². The largest absolute Gasteiger partial charge is 0.497 e. The van der Waals surface area contributed by atoms with E-state index in [1.165, 1.54) is 0 Å². The summed E-state index contributed by atoms with van der Waals surface area (Å²) in [5.74, 6) is 7.46. The van der Waals surface area contributed by atoms with E-state index in [1.54, 1.807) is 31.6 Å². The highest BCUT2D eigenvalue weighted by Gasteiger charge is 2.24. The number of carbonyl (C=O) groups excluding carboxylic acids is 1. The van der Waals surface area contributed by atoms with E-state index in [9.17, 15) is 4.79 Å². The van der Waals surface area contributed by atoms with E-state index >= 15 is 0 Å². The van der Waals surface area contributed by atoms with Gasteiger partial charge < -0.3 is 24.8 Å². The maximum Gasteiger partial charge on any atom is 0.260 e. The number of hydrogen-bond donors (Lipinski definition) is 2. The number of anilines is 2. The summed E-state index contributed by atoms with van der Waals surface area (Å²) >= 11 is 3.40. The molecule has 0 bridgehead atoms. The van der Waals surface area contributed by atoms with E-state index < -0.39 is 5.60 Å². The second kappa shape index (κ2) is 12.8. The quantitative estimate of drug-likeness (QED) is 0.351. The van der Waals surface area contributed by atoms with Crippen molar-refractivity contribution in [1.82, 2.24) is 15.0 Å². The van der Waals surface area contributed by atoms with Crippen LogP contribution >= 0.6 is 15.9 Å². The first kappa shape index (κ1) is 27.5. The lowest BCUT2D eigenvalue weighted by molar-refractivity contribution is -0.199. The van der Waals surface area contributed by atoms with Gasteiger partial charge in [0.15, 0.2) is 6.29 Å². The molecule has 4 rings (SSSR count). The van der Waals surface area contributed by atoms with Crippen molar-refractivity contribution in [3.63, 3.8) is 0 Å². The predicted octanol–water partition coefficient (Wildman–Crippen LogP) is 5.18. The molecule has 1 aliphatic heterocycles. The Labute approximate surface area is 230 Å². The molecule has 2 aromatic heterocycles. The Kier molecular flexibility index (Phi) is 9.29. The molecule has 1 amide bonds. The van der Waals surface area contributed by atoms with E-state index in [0.29, 0.717) is 34.8 Å². The van der Waals surface area contributed by atoms with Gasteiger partial charge in [-0.2, -0.15) is 0 Å². The Morgan fingerprint density at radius 2 is 2.03 bits per heavy atom. The number of nitrogens with one attached hydrogen (secondary N) is 2. The third kappa shape index (κ3) is 7.99. The highest BCUT2D eigenvalue weighted by atomic mass is 79.9. The Hall–Kier alpha value is -3.52. The fourth-order valence-corrected chi connectivity index (χ4v) is 4.05. The summed E-state index contributed by atoms with van der Waals surface area (Å²) in [4.78, 5) is 26.2. The number of nitrogens with zero attached hydrogens (tertiary/aromatic N) is 3. The molecule has 1 fully saturated rings. The molecule has 9 nitrogen and oxygen atoms in total. The van der Waals surface area contributed by atoms with Gasteiger partial charge in [0.25, 0.3) is 5.91 Å². The molecule has 1 aromatic carbocycles. The molecule has 198 valence electrons. The Morgan fingerprint density at radius 1 is 1.21 bits per heavy atom. The molecule has 38 heavy (non-hydrogen) atoms. The van der Waals surface area contributed by atoms with Crippen molar-refractivity contribution in [3.8, 4) is 17.6 Å². The standard InChI is InChI=1S/C28H30BrN5O4/c1-28(2,38-25-6-4-5-15-37-25)13-11-23-30-14-12-24(33-23)34-27(35)22-16-20(29)18-32-26(22)31-17-19-7-9-21(36-3)10-8-19/h7-10,12,14,16,18,25H,4-6,15,17H2,1-3H3,(H,31,32)(H,30,33,34,35). The smallest absolute Gasteiger partial charge is 0.260 e. The summed E-state index contributed by atoms with van der Waals surface area (Å²) < 4.78 is 17.5. The molecule has 10 heteroatoms. The topological polar surface area (TPSA) is 107 Å². The number of amides is 1. The summed E-state index contributed by atoms with van der Waals surface area (Å²) in [7, 11) is 1.62. The van der Waals surface area contributed by atoms with Crippen molar-refractivity contribution < 1.29 is 19.0 Å². The molecule has 0 radical (unpaired) electrons. The number of aromatic nitrogens is 3. The zero-order chi connectivity index (χ0) is 27.0. The number of ether oxygens (including phenoxy) is 3. The van der Waals surface area contributed by atoms with E-state index in [4.69, 9.17) is 14.2 Å². The number of rotatable bonds is 8. The lowest BCUT2D eigenvalue weighted by Gasteiger charge is -2.29. The number of benzene rings is 1. The van der Waals surface area contributed by atoms with Crippen LogP contribution in [-0.2, 0) is 16.0 Å². The molecule has 0 saturated carbocycles. The van der Waals surface area contributed by atoms with Gasteiger partial charge in [-0.1, -0.05) is 18.1 Å². The Balaban J connectivity index is 1.43. The maximum atomic E-state index is 13.2. The van der Waals surface area contributed by atoms with Crippen molar-refractivity contribution in [2.75, 3.05) is 24.4 Å². The Morgan fingerprint density at radius 3 is 2.76 bits per heavy atom. The molecule has 3 aromatic rings. The number of methoxy groups -OCH3 is 1. The van der Waals surface area contributed by atoms with Crippen LogP contribution in [0.1, 0.15) is 54.9 Å². The Bertz CT molecular complexity index is 1310. The van der Waals surface area contributed by atoms with E-state index in [-0.39, 0.29) is 18.0 Å². The van der Waals surface area contributed by atoms with Crippen molar-refractivity contribution in [2.45, 2.75) is 51.5 Å². The van der Waals surface area contributed by atoms with Gasteiger partial charge in [0, 0.05) is 30.0 Å². The molecule has 1 aliphatic rings. The van der Waals surface area contributed by atoms with Crippen LogP contribution in [0, 0.1) is 11.8 Å². The van der Waals surface area contributed by atoms with Crippen LogP contribution in [0.3, 0.4) is 0 Å². The van der Waals surface area contributed by atoms with Crippen LogP contribution in [0.4, 0.5) is 11.6 Å². The first-order chi connectivity index (χ1) is 18.3. The van der Waals surface area contributed by atoms with Crippen molar-refractivity contribution >= 4 is 33.5 Å². The monoisotopic (exact) mass is 579 g/mol. The summed E-state index contributed by atoms with van der Waals surface area (Å²) in [5.41, 5.74) is 0.640. The van der Waals surface area contributed by atoms with Crippen LogP contribution < -0.4 is 15.4 Å². The zero-order valence-corrected chi connectivity index (χ0v) is 23.2. The van der Waals surface area contributed by atoms with Gasteiger partial charge in [-0.25, -0.2) is 15.0 Å². The number of hydrogen-bond acceptors (Lipinski definition) is 8. The molecular weight excluding hydrogens is 550 g/mol. The molecule has 0 aliphatic carbocycles. The molecule has 2 N–H and O–H groups in total. The highest BCUT2D eigenvalue weighted by Crippen LogP contribution is 2.22. The van der Waals surface area contributed by atoms with Gasteiger partial charge in [0.05, 0.1) is 12.7 Å². The normalized spacial score (nSPS) is 15.2. The minimum absolute atomic E-state index is 0.258. The van der Waals surface area contributed by atoms with Gasteiger partial charge >= 0.3 is 0 Å². The molecule has 0 spiro atoms. The van der Waals surface area contributed by atoms with E-state index in [0.717, 1.165) is 30.6 Å². The molecular formula is C28H30BrN5O4. The number of carbonyl (C=O) groups is 1. The first-order valence-electron chi connectivity index (χ1n) is 12.3. The van der Waals surface area contributed by atoms with Gasteiger partial charge in [-0.05, 0) is 84.8 Å². The fourth-order valence-electron chi connectivity index (χ4n) is 3.72. The van der Waals surface area contributed by atoms with Crippen LogP contribution in [0.25, 0.3) is 0 Å². The van der Waals surface area contributed by atoms with Crippen LogP contribution in [0.15, 0.2) is 53.3 Å². The molecule has 1 unspecified atom stereocenters. The second-order valence-corrected chi connectivity index (χ2v) is 10.1. The zero-order valence-electron chi connectivity index (χ0n) is 21.6. The average molecular weight is 580 g/mol. The second-order valence-electron chi connectivity index (χ2n) is 9.15. The number of pyridine rings is 1. The fraction of sp³-hybridized carbons (Fsp3) is 0.357. The number of halogens is 1. The third-order valence-electron chi connectivity index (χ3n) is 5.65. The lowest BCUT2D eigenvalue weighted by atomic mass is 10.1. The SMILES string of the molecule is COc1ccc(CNc2ncc(Br)cc2C(=O)Nc2ccnc(C#CC(C)(C)OC3CCCCO3)n2)cc1. The van der Waals surface area contributed by atoms with Crippen molar-refractivity contribution in [1.29, 1.82) is 0 Å². The van der Waals surface area contributed by atoms with Crippen LogP contribution in [-0.4, -0.2) is 46.5 Å². The molecule has 3 heterocycles. The van der Waals surface area contributed by atoms with Gasteiger partial charge in [-0.15, -0.1) is 0 Å². The van der Waals surface area contributed by atoms with Crippen molar-refractivity contribution in [3.05, 3.63) is 70.2 Å². The van der Waals surface area contributed by atoms with Crippen LogP contribution in [0.5, 0.6) is 5.75 Å². The van der Waals surface area contributed by atoms with Gasteiger partial charge in [0.2, 0.25) is 5.82 Å². The highest BCUT2D eigenvalue weighted by molar-refractivity contribution is 9.10. The minimum Gasteiger partial charge on any atom is -0.497 e. The van der Waals surface area contributed by atoms with E-state index in [2.05, 4.69) is 53.4 Å². The van der Waals surface area contributed by atoms with Crippen LogP contribution in [0.2, 0.25) is 0 Å². The predicted molar refractivity (Wildman–Crippen MR) is 148 cm³/mol. The lowest BCUT2D eigenvalue weighted by Crippen LogP contribution is -2.33. The summed E-state index contributed by atoms with van der Waals surface area (Å²) in [6.45, 7) is 4.94. The molecule has 1 atom stereocenters. The average Bonchev–Trinajstić information content (AvgIpc) is 2.92. The minimum atomic E-state index is -0.739. The summed E-state index contributed by atoms with van der Waals surface area (Å²) in [6, 6.07) is 11.0. The van der Waals surface area contributed by atoms with Gasteiger partial charge in [-0.3, -0.25) is 4.79 Å². The third-order valence-corrected chi connectivity index (χ3v) is 6.09.